The predicted octanol–water partition coefficient (Wildman–Crippen LogP) is 1.95. The summed E-state index contributed by atoms with van der Waals surface area (Å²) in [5.41, 5.74) is 0.652. The summed E-state index contributed by atoms with van der Waals surface area (Å²) in [5, 5.41) is 13.0. The summed E-state index contributed by atoms with van der Waals surface area (Å²) < 4.78 is 10.5. The van der Waals surface area contributed by atoms with Gasteiger partial charge in [-0.25, -0.2) is 0 Å². The van der Waals surface area contributed by atoms with E-state index in [0.29, 0.717) is 6.54 Å². The molecule has 2 N–H and O–H groups in total. The van der Waals surface area contributed by atoms with E-state index in [1.165, 1.54) is 0 Å². The van der Waals surface area contributed by atoms with Crippen molar-refractivity contribution in [1.29, 1.82) is 0 Å². The average Bonchev–Trinajstić information content (AvgIpc) is 2.35. The van der Waals surface area contributed by atoms with Crippen LogP contribution < -0.4 is 14.8 Å². The molecule has 0 radical (unpaired) electrons. The van der Waals surface area contributed by atoms with Gasteiger partial charge in [-0.2, -0.15) is 0 Å². The number of ether oxygens (including phenoxy) is 2. The standard InChI is InChI=1S/C14H23NO3/c1-10(16)14(2,3)15-9-11-8-12(17-4)6-7-13(11)18-5/h6-8,10,15-16H,9H2,1-5H3. The van der Waals surface area contributed by atoms with Crippen molar-refractivity contribution < 1.29 is 14.6 Å². The van der Waals surface area contributed by atoms with Crippen LogP contribution in [-0.4, -0.2) is 31.0 Å². The smallest absolute Gasteiger partial charge is 0.123 e. The van der Waals surface area contributed by atoms with Gasteiger partial charge in [-0.05, 0) is 39.0 Å². The summed E-state index contributed by atoms with van der Waals surface area (Å²) >= 11 is 0. The van der Waals surface area contributed by atoms with Gasteiger partial charge in [0.05, 0.1) is 20.3 Å². The highest BCUT2D eigenvalue weighted by Gasteiger charge is 2.23. The van der Waals surface area contributed by atoms with E-state index < -0.39 is 6.10 Å². The minimum absolute atomic E-state index is 0.353. The van der Waals surface area contributed by atoms with Gasteiger partial charge in [0.15, 0.2) is 0 Å². The molecule has 0 aromatic heterocycles. The Hall–Kier alpha value is -1.26. The zero-order valence-corrected chi connectivity index (χ0v) is 11.8. The molecule has 0 aliphatic heterocycles. The molecule has 0 amide bonds. The van der Waals surface area contributed by atoms with Crippen LogP contribution in [0.4, 0.5) is 0 Å². The van der Waals surface area contributed by atoms with Gasteiger partial charge in [0.2, 0.25) is 0 Å². The molecule has 0 bridgehead atoms. The molecule has 0 aliphatic carbocycles. The van der Waals surface area contributed by atoms with Crippen LogP contribution in [0.2, 0.25) is 0 Å². The second-order valence-corrected chi connectivity index (χ2v) is 4.93. The number of methoxy groups -OCH3 is 2. The van der Waals surface area contributed by atoms with Gasteiger partial charge in [0.25, 0.3) is 0 Å². The van der Waals surface area contributed by atoms with Gasteiger partial charge < -0.3 is 19.9 Å². The van der Waals surface area contributed by atoms with Crippen LogP contribution in [-0.2, 0) is 6.54 Å². The second kappa shape index (κ2) is 6.07. The van der Waals surface area contributed by atoms with Gasteiger partial charge >= 0.3 is 0 Å². The van der Waals surface area contributed by atoms with Crippen molar-refractivity contribution in [3.05, 3.63) is 23.8 Å². The van der Waals surface area contributed by atoms with E-state index in [2.05, 4.69) is 5.32 Å². The Morgan fingerprint density at radius 1 is 1.28 bits per heavy atom. The molecule has 0 aliphatic rings. The highest BCUT2D eigenvalue weighted by Crippen LogP contribution is 2.24. The number of aliphatic hydroxyl groups is 1. The Morgan fingerprint density at radius 3 is 2.44 bits per heavy atom. The first-order valence-corrected chi connectivity index (χ1v) is 6.04. The second-order valence-electron chi connectivity index (χ2n) is 4.93. The lowest BCUT2D eigenvalue weighted by Gasteiger charge is -2.29. The van der Waals surface area contributed by atoms with Crippen LogP contribution in [0.5, 0.6) is 11.5 Å². The van der Waals surface area contributed by atoms with Crippen molar-refractivity contribution in [2.75, 3.05) is 14.2 Å². The van der Waals surface area contributed by atoms with Gasteiger partial charge in [0.1, 0.15) is 11.5 Å². The van der Waals surface area contributed by atoms with Crippen molar-refractivity contribution in [3.63, 3.8) is 0 Å². The van der Waals surface area contributed by atoms with E-state index >= 15 is 0 Å². The molecule has 102 valence electrons. The number of benzene rings is 1. The minimum Gasteiger partial charge on any atom is -0.497 e. The molecule has 18 heavy (non-hydrogen) atoms. The van der Waals surface area contributed by atoms with E-state index in [0.717, 1.165) is 17.1 Å². The third kappa shape index (κ3) is 3.62. The van der Waals surface area contributed by atoms with Crippen LogP contribution >= 0.6 is 0 Å². The third-order valence-corrected chi connectivity index (χ3v) is 3.27. The van der Waals surface area contributed by atoms with E-state index in [9.17, 15) is 5.11 Å². The van der Waals surface area contributed by atoms with Crippen molar-refractivity contribution >= 4 is 0 Å². The molecule has 0 spiro atoms. The maximum absolute atomic E-state index is 9.67. The molecule has 1 aromatic carbocycles. The molecule has 0 heterocycles. The van der Waals surface area contributed by atoms with E-state index in [1.54, 1.807) is 21.1 Å². The van der Waals surface area contributed by atoms with Crippen molar-refractivity contribution in [1.82, 2.24) is 5.32 Å². The molecule has 1 atom stereocenters. The highest BCUT2D eigenvalue weighted by atomic mass is 16.5. The van der Waals surface area contributed by atoms with Crippen LogP contribution in [0.1, 0.15) is 26.3 Å². The van der Waals surface area contributed by atoms with Crippen molar-refractivity contribution in [3.8, 4) is 11.5 Å². The lowest BCUT2D eigenvalue weighted by molar-refractivity contribution is 0.0955. The Kier molecular flexibility index (Phi) is 4.99. The Balaban J connectivity index is 2.83. The largest absolute Gasteiger partial charge is 0.497 e. The summed E-state index contributed by atoms with van der Waals surface area (Å²) in [6.07, 6.45) is -0.436. The summed E-state index contributed by atoms with van der Waals surface area (Å²) in [5.74, 6) is 1.60. The van der Waals surface area contributed by atoms with Gasteiger partial charge in [-0.3, -0.25) is 0 Å². The zero-order valence-electron chi connectivity index (χ0n) is 11.8. The quantitative estimate of drug-likeness (QED) is 0.813. The summed E-state index contributed by atoms with van der Waals surface area (Å²) in [7, 11) is 3.28. The number of hydrogen-bond donors (Lipinski definition) is 2. The fourth-order valence-corrected chi connectivity index (χ4v) is 1.49. The molecule has 0 fully saturated rings. The highest BCUT2D eigenvalue weighted by molar-refractivity contribution is 5.40. The molecule has 1 unspecified atom stereocenters. The fourth-order valence-electron chi connectivity index (χ4n) is 1.49. The molecule has 1 rings (SSSR count). The number of hydrogen-bond acceptors (Lipinski definition) is 4. The first-order valence-electron chi connectivity index (χ1n) is 6.04. The maximum atomic E-state index is 9.67. The topological polar surface area (TPSA) is 50.7 Å². The third-order valence-electron chi connectivity index (χ3n) is 3.27. The monoisotopic (exact) mass is 253 g/mol. The molecule has 4 heteroatoms. The summed E-state index contributed by atoms with van der Waals surface area (Å²) in [6, 6.07) is 5.68. The van der Waals surface area contributed by atoms with Crippen molar-refractivity contribution in [2.24, 2.45) is 0 Å². The Labute approximate surface area is 109 Å². The zero-order chi connectivity index (χ0) is 13.8. The Bertz CT molecular complexity index is 389. The van der Waals surface area contributed by atoms with E-state index in [4.69, 9.17) is 9.47 Å². The predicted molar refractivity (Wildman–Crippen MR) is 72.1 cm³/mol. The van der Waals surface area contributed by atoms with E-state index in [1.807, 2.05) is 32.0 Å². The molecule has 0 saturated carbocycles. The van der Waals surface area contributed by atoms with Crippen LogP contribution in [0, 0.1) is 0 Å². The molecular weight excluding hydrogens is 230 g/mol. The maximum Gasteiger partial charge on any atom is 0.123 e. The van der Waals surface area contributed by atoms with Crippen LogP contribution in [0.25, 0.3) is 0 Å². The number of aliphatic hydroxyl groups excluding tert-OH is 1. The summed E-state index contributed by atoms with van der Waals surface area (Å²) in [4.78, 5) is 0. The van der Waals surface area contributed by atoms with Crippen molar-refractivity contribution in [2.45, 2.75) is 39.0 Å². The summed E-state index contributed by atoms with van der Waals surface area (Å²) in [6.45, 7) is 6.31. The molecular formula is C14H23NO3. The SMILES string of the molecule is COc1ccc(OC)c(CNC(C)(C)C(C)O)c1. The number of rotatable bonds is 6. The first-order chi connectivity index (χ1) is 8.40. The lowest BCUT2D eigenvalue weighted by Crippen LogP contribution is -2.47. The van der Waals surface area contributed by atoms with Crippen LogP contribution in [0.15, 0.2) is 18.2 Å². The van der Waals surface area contributed by atoms with Gasteiger partial charge in [-0.1, -0.05) is 0 Å². The average molecular weight is 253 g/mol. The molecule has 1 aromatic rings. The number of nitrogens with one attached hydrogen (secondary N) is 1. The molecule has 4 nitrogen and oxygen atoms in total. The van der Waals surface area contributed by atoms with E-state index in [-0.39, 0.29) is 5.54 Å². The molecule has 0 saturated heterocycles. The fraction of sp³-hybridized carbons (Fsp3) is 0.571. The van der Waals surface area contributed by atoms with Crippen LogP contribution in [0.3, 0.4) is 0 Å². The lowest BCUT2D eigenvalue weighted by atomic mass is 9.98. The normalized spacial score (nSPS) is 13.2. The minimum atomic E-state index is -0.436. The first kappa shape index (κ1) is 14.8. The van der Waals surface area contributed by atoms with Gasteiger partial charge in [0, 0.05) is 17.6 Å². The van der Waals surface area contributed by atoms with Gasteiger partial charge in [-0.15, -0.1) is 0 Å². The Morgan fingerprint density at radius 2 is 1.94 bits per heavy atom.